The summed E-state index contributed by atoms with van der Waals surface area (Å²) in [6, 6.07) is 14.5. The van der Waals surface area contributed by atoms with Crippen molar-refractivity contribution in [3.63, 3.8) is 0 Å². The largest absolute Gasteiger partial charge is 0.352 e. The van der Waals surface area contributed by atoms with Gasteiger partial charge in [0, 0.05) is 24.4 Å². The van der Waals surface area contributed by atoms with Crippen molar-refractivity contribution < 1.29 is 9.18 Å². The Morgan fingerprint density at radius 2 is 1.86 bits per heavy atom. The molecular formula is C18H16FNO. The highest BCUT2D eigenvalue weighted by molar-refractivity contribution is 5.78. The second kappa shape index (κ2) is 5.92. The van der Waals surface area contributed by atoms with Crippen LogP contribution in [0.25, 0.3) is 6.08 Å². The molecule has 106 valence electrons. The van der Waals surface area contributed by atoms with Gasteiger partial charge in [0.1, 0.15) is 5.82 Å². The lowest BCUT2D eigenvalue weighted by molar-refractivity contribution is -0.121. The second-order valence-electron chi connectivity index (χ2n) is 5.17. The van der Waals surface area contributed by atoms with Gasteiger partial charge in [0.15, 0.2) is 0 Å². The summed E-state index contributed by atoms with van der Waals surface area (Å²) >= 11 is 0. The maximum Gasteiger partial charge on any atom is 0.221 e. The molecule has 0 fully saturated rings. The molecule has 0 saturated heterocycles. The van der Waals surface area contributed by atoms with E-state index in [-0.39, 0.29) is 24.2 Å². The average molecular weight is 281 g/mol. The maximum atomic E-state index is 13.5. The fraction of sp³-hybridized carbons (Fsp3) is 0.167. The number of halogens is 1. The number of nitrogens with one attached hydrogen (secondary N) is 1. The number of hydrogen-bond acceptors (Lipinski definition) is 1. The van der Waals surface area contributed by atoms with Crippen molar-refractivity contribution in [1.29, 1.82) is 0 Å². The third kappa shape index (κ3) is 3.02. The molecule has 1 aliphatic carbocycles. The van der Waals surface area contributed by atoms with Crippen molar-refractivity contribution in [2.75, 3.05) is 0 Å². The predicted molar refractivity (Wildman–Crippen MR) is 81.1 cm³/mol. The highest BCUT2D eigenvalue weighted by Gasteiger charge is 2.19. The van der Waals surface area contributed by atoms with E-state index < -0.39 is 0 Å². The smallest absolute Gasteiger partial charge is 0.221 e. The molecule has 2 nitrogen and oxygen atoms in total. The third-order valence-electron chi connectivity index (χ3n) is 3.74. The van der Waals surface area contributed by atoms with E-state index in [4.69, 9.17) is 0 Å². The first-order valence-electron chi connectivity index (χ1n) is 7.01. The zero-order valence-electron chi connectivity index (χ0n) is 11.6. The van der Waals surface area contributed by atoms with Crippen molar-refractivity contribution in [1.82, 2.24) is 5.32 Å². The van der Waals surface area contributed by atoms with Gasteiger partial charge in [-0.2, -0.15) is 0 Å². The lowest BCUT2D eigenvalue weighted by Gasteiger charge is -2.11. The molecule has 0 radical (unpaired) electrons. The van der Waals surface area contributed by atoms with E-state index in [0.29, 0.717) is 12.0 Å². The molecule has 1 unspecified atom stereocenters. The number of amides is 1. The fourth-order valence-corrected chi connectivity index (χ4v) is 2.61. The van der Waals surface area contributed by atoms with Crippen molar-refractivity contribution in [3.8, 4) is 0 Å². The van der Waals surface area contributed by atoms with Gasteiger partial charge in [0.05, 0.1) is 0 Å². The van der Waals surface area contributed by atoms with E-state index in [0.717, 1.165) is 0 Å². The van der Waals surface area contributed by atoms with Crippen LogP contribution in [-0.2, 0) is 11.3 Å². The van der Waals surface area contributed by atoms with Crippen LogP contribution < -0.4 is 5.32 Å². The van der Waals surface area contributed by atoms with Crippen molar-refractivity contribution >= 4 is 12.0 Å². The second-order valence-corrected chi connectivity index (χ2v) is 5.17. The Hall–Kier alpha value is -2.42. The summed E-state index contributed by atoms with van der Waals surface area (Å²) in [7, 11) is 0. The Labute approximate surface area is 123 Å². The van der Waals surface area contributed by atoms with Gasteiger partial charge in [-0.05, 0) is 17.2 Å². The summed E-state index contributed by atoms with van der Waals surface area (Å²) in [6.45, 7) is 0.226. The van der Waals surface area contributed by atoms with Crippen LogP contribution >= 0.6 is 0 Å². The molecule has 2 aromatic rings. The zero-order chi connectivity index (χ0) is 14.7. The molecule has 0 saturated carbocycles. The third-order valence-corrected chi connectivity index (χ3v) is 3.74. The number of rotatable bonds is 4. The van der Waals surface area contributed by atoms with E-state index in [2.05, 4.69) is 5.32 Å². The van der Waals surface area contributed by atoms with Crippen LogP contribution in [0.2, 0.25) is 0 Å². The van der Waals surface area contributed by atoms with Gasteiger partial charge in [-0.1, -0.05) is 54.6 Å². The highest BCUT2D eigenvalue weighted by Crippen LogP contribution is 2.32. The summed E-state index contributed by atoms with van der Waals surface area (Å²) < 4.78 is 13.5. The van der Waals surface area contributed by atoms with Crippen LogP contribution in [0.3, 0.4) is 0 Å². The molecule has 21 heavy (non-hydrogen) atoms. The monoisotopic (exact) mass is 281 g/mol. The molecule has 1 atom stereocenters. The summed E-state index contributed by atoms with van der Waals surface area (Å²) in [6.07, 6.45) is 4.49. The van der Waals surface area contributed by atoms with E-state index in [9.17, 15) is 9.18 Å². The van der Waals surface area contributed by atoms with E-state index in [1.807, 2.05) is 36.4 Å². The molecule has 3 heteroatoms. The van der Waals surface area contributed by atoms with Gasteiger partial charge in [-0.15, -0.1) is 0 Å². The van der Waals surface area contributed by atoms with Gasteiger partial charge in [-0.25, -0.2) is 4.39 Å². The minimum Gasteiger partial charge on any atom is -0.352 e. The van der Waals surface area contributed by atoms with Gasteiger partial charge >= 0.3 is 0 Å². The molecular weight excluding hydrogens is 265 g/mol. The zero-order valence-corrected chi connectivity index (χ0v) is 11.6. The highest BCUT2D eigenvalue weighted by atomic mass is 19.1. The van der Waals surface area contributed by atoms with Gasteiger partial charge in [0.25, 0.3) is 0 Å². The first kappa shape index (κ1) is 13.6. The van der Waals surface area contributed by atoms with Crippen molar-refractivity contribution in [3.05, 3.63) is 77.1 Å². The topological polar surface area (TPSA) is 29.1 Å². The molecule has 0 heterocycles. The number of carbonyl (C=O) groups is 1. The molecule has 1 aliphatic rings. The lowest BCUT2D eigenvalue weighted by Crippen LogP contribution is -2.24. The maximum absolute atomic E-state index is 13.5. The van der Waals surface area contributed by atoms with Crippen molar-refractivity contribution in [2.45, 2.75) is 18.9 Å². The fourth-order valence-electron chi connectivity index (χ4n) is 2.61. The number of allylic oxidation sites excluding steroid dienone is 1. The minimum atomic E-state index is -0.288. The first-order valence-corrected chi connectivity index (χ1v) is 7.01. The first-order chi connectivity index (χ1) is 10.2. The Kier molecular flexibility index (Phi) is 3.82. The standard InChI is InChI=1S/C18H16FNO/c19-17-8-4-2-6-15(17)12-20-18(21)11-14-10-9-13-5-1-3-7-16(13)14/h1-10,14H,11-12H2,(H,20,21). The summed E-state index contributed by atoms with van der Waals surface area (Å²) in [5, 5.41) is 2.78. The quantitative estimate of drug-likeness (QED) is 0.910. The van der Waals surface area contributed by atoms with Crippen LogP contribution in [0.4, 0.5) is 4.39 Å². The van der Waals surface area contributed by atoms with Crippen LogP contribution in [0.1, 0.15) is 29.0 Å². The van der Waals surface area contributed by atoms with Crippen LogP contribution in [0.15, 0.2) is 54.6 Å². The van der Waals surface area contributed by atoms with Crippen LogP contribution in [-0.4, -0.2) is 5.91 Å². The minimum absolute atomic E-state index is 0.0652. The SMILES string of the molecule is O=C(CC1C=Cc2ccccc21)NCc1ccccc1F. The molecule has 0 bridgehead atoms. The summed E-state index contributed by atoms with van der Waals surface area (Å²) in [4.78, 5) is 12.0. The van der Waals surface area contributed by atoms with Crippen LogP contribution in [0, 0.1) is 5.82 Å². The Balaban J connectivity index is 1.59. The molecule has 1 amide bonds. The Bertz CT molecular complexity index is 693. The van der Waals surface area contributed by atoms with Gasteiger partial charge < -0.3 is 5.32 Å². The van der Waals surface area contributed by atoms with E-state index >= 15 is 0 Å². The average Bonchev–Trinajstić information content (AvgIpc) is 2.90. The summed E-state index contributed by atoms with van der Waals surface area (Å²) in [5.74, 6) is -0.240. The molecule has 0 aliphatic heterocycles. The van der Waals surface area contributed by atoms with Gasteiger partial charge in [0.2, 0.25) is 5.91 Å². The number of fused-ring (bicyclic) bond motifs is 1. The molecule has 0 aromatic heterocycles. The molecule has 3 rings (SSSR count). The van der Waals surface area contributed by atoms with E-state index in [1.54, 1.807) is 18.2 Å². The molecule has 1 N–H and O–H groups in total. The number of carbonyl (C=O) groups excluding carboxylic acids is 1. The molecule has 2 aromatic carbocycles. The van der Waals surface area contributed by atoms with E-state index in [1.165, 1.54) is 17.2 Å². The van der Waals surface area contributed by atoms with Crippen molar-refractivity contribution in [2.24, 2.45) is 0 Å². The summed E-state index contributed by atoms with van der Waals surface area (Å²) in [5.41, 5.74) is 2.86. The molecule has 0 spiro atoms. The number of benzene rings is 2. The Morgan fingerprint density at radius 1 is 1.10 bits per heavy atom. The normalized spacial score (nSPS) is 15.8. The van der Waals surface area contributed by atoms with Crippen LogP contribution in [0.5, 0.6) is 0 Å². The predicted octanol–water partition coefficient (Wildman–Crippen LogP) is 3.64. The van der Waals surface area contributed by atoms with Gasteiger partial charge in [-0.3, -0.25) is 4.79 Å². The lowest BCUT2D eigenvalue weighted by atomic mass is 9.97. The Morgan fingerprint density at radius 3 is 2.71 bits per heavy atom. The number of hydrogen-bond donors (Lipinski definition) is 1.